The minimum Gasteiger partial charge on any atom is -0.492 e. The summed E-state index contributed by atoms with van der Waals surface area (Å²) in [5, 5.41) is 9.28. The van der Waals surface area contributed by atoms with E-state index in [4.69, 9.17) is 4.74 Å². The first kappa shape index (κ1) is 12.5. The minimum atomic E-state index is 0.608. The van der Waals surface area contributed by atoms with Gasteiger partial charge in [-0.05, 0) is 24.4 Å². The molecule has 2 aromatic rings. The van der Waals surface area contributed by atoms with Gasteiger partial charge in [-0.2, -0.15) is 0 Å². The maximum absolute atomic E-state index is 5.90. The topological polar surface area (TPSA) is 33.3 Å². The normalized spacial score (nSPS) is 18.8. The second-order valence-corrected chi connectivity index (χ2v) is 4.97. The Labute approximate surface area is 114 Å². The molecule has 100 valence electrons. The van der Waals surface area contributed by atoms with Gasteiger partial charge in [0.15, 0.2) is 0 Å². The second-order valence-electron chi connectivity index (χ2n) is 4.97. The number of benzene rings is 2. The van der Waals surface area contributed by atoms with Crippen LogP contribution in [-0.4, -0.2) is 32.3 Å². The Morgan fingerprint density at radius 3 is 2.95 bits per heavy atom. The molecule has 0 aromatic heterocycles. The maximum Gasteiger partial charge on any atom is 0.127 e. The Morgan fingerprint density at radius 2 is 2.05 bits per heavy atom. The first-order valence-corrected chi connectivity index (χ1v) is 6.98. The van der Waals surface area contributed by atoms with Crippen LogP contribution < -0.4 is 15.4 Å². The molecule has 1 unspecified atom stereocenters. The van der Waals surface area contributed by atoms with Crippen LogP contribution in [0.1, 0.15) is 6.42 Å². The van der Waals surface area contributed by atoms with Gasteiger partial charge < -0.3 is 15.4 Å². The molecule has 1 heterocycles. The van der Waals surface area contributed by atoms with E-state index < -0.39 is 0 Å². The lowest BCUT2D eigenvalue weighted by molar-refractivity contribution is 0.310. The lowest BCUT2D eigenvalue weighted by atomic mass is 10.1. The molecule has 1 aliphatic heterocycles. The predicted molar refractivity (Wildman–Crippen MR) is 78.7 cm³/mol. The van der Waals surface area contributed by atoms with E-state index in [2.05, 4.69) is 41.0 Å². The van der Waals surface area contributed by atoms with E-state index in [9.17, 15) is 0 Å². The van der Waals surface area contributed by atoms with Crippen LogP contribution in [0.2, 0.25) is 0 Å². The third-order valence-electron chi connectivity index (χ3n) is 3.60. The van der Waals surface area contributed by atoms with E-state index in [0.717, 1.165) is 25.4 Å². The summed E-state index contributed by atoms with van der Waals surface area (Å²) in [4.78, 5) is 0. The van der Waals surface area contributed by atoms with Gasteiger partial charge in [0.05, 0.1) is 0 Å². The number of nitrogens with one attached hydrogen (secondary N) is 2. The molecule has 2 aromatic carbocycles. The van der Waals surface area contributed by atoms with Gasteiger partial charge in [0.25, 0.3) is 0 Å². The van der Waals surface area contributed by atoms with Crippen LogP contribution in [0.3, 0.4) is 0 Å². The van der Waals surface area contributed by atoms with Crippen LogP contribution in [0.5, 0.6) is 5.75 Å². The van der Waals surface area contributed by atoms with E-state index in [1.54, 1.807) is 0 Å². The Morgan fingerprint density at radius 1 is 1.16 bits per heavy atom. The van der Waals surface area contributed by atoms with Crippen molar-refractivity contribution in [2.75, 3.05) is 26.2 Å². The molecule has 1 atom stereocenters. The SMILES string of the molecule is c1ccc2c(OCCNC3CCNC3)cccc2c1. The molecule has 19 heavy (non-hydrogen) atoms. The van der Waals surface area contributed by atoms with E-state index in [0.29, 0.717) is 12.6 Å². The third-order valence-corrected chi connectivity index (χ3v) is 3.60. The Kier molecular flexibility index (Phi) is 3.96. The summed E-state index contributed by atoms with van der Waals surface area (Å²) >= 11 is 0. The smallest absolute Gasteiger partial charge is 0.127 e. The molecule has 0 aliphatic carbocycles. The molecule has 1 saturated heterocycles. The van der Waals surface area contributed by atoms with Crippen molar-refractivity contribution in [1.82, 2.24) is 10.6 Å². The van der Waals surface area contributed by atoms with E-state index in [1.165, 1.54) is 17.2 Å². The fourth-order valence-corrected chi connectivity index (χ4v) is 2.57. The average molecular weight is 256 g/mol. The van der Waals surface area contributed by atoms with Gasteiger partial charge in [-0.15, -0.1) is 0 Å². The maximum atomic E-state index is 5.90. The fourth-order valence-electron chi connectivity index (χ4n) is 2.57. The number of hydrogen-bond donors (Lipinski definition) is 2. The molecule has 3 nitrogen and oxygen atoms in total. The van der Waals surface area contributed by atoms with Gasteiger partial charge in [-0.1, -0.05) is 36.4 Å². The zero-order chi connectivity index (χ0) is 12.9. The lowest BCUT2D eigenvalue weighted by Crippen LogP contribution is -2.34. The van der Waals surface area contributed by atoms with Crippen LogP contribution in [-0.2, 0) is 0 Å². The first-order valence-electron chi connectivity index (χ1n) is 6.98. The molecule has 0 saturated carbocycles. The highest BCUT2D eigenvalue weighted by molar-refractivity contribution is 5.88. The number of ether oxygens (including phenoxy) is 1. The Hall–Kier alpha value is -1.58. The van der Waals surface area contributed by atoms with Crippen LogP contribution in [0.4, 0.5) is 0 Å². The highest BCUT2D eigenvalue weighted by Gasteiger charge is 2.12. The van der Waals surface area contributed by atoms with Crippen molar-refractivity contribution >= 4 is 10.8 Å². The summed E-state index contributed by atoms with van der Waals surface area (Å²) in [6, 6.07) is 15.1. The van der Waals surface area contributed by atoms with E-state index in [-0.39, 0.29) is 0 Å². The molecule has 1 aliphatic rings. The van der Waals surface area contributed by atoms with Crippen molar-refractivity contribution in [2.24, 2.45) is 0 Å². The Bertz CT molecular complexity index is 530. The molecular weight excluding hydrogens is 236 g/mol. The van der Waals surface area contributed by atoms with Gasteiger partial charge in [0.2, 0.25) is 0 Å². The zero-order valence-corrected chi connectivity index (χ0v) is 11.1. The van der Waals surface area contributed by atoms with Gasteiger partial charge >= 0.3 is 0 Å². The Balaban J connectivity index is 1.56. The quantitative estimate of drug-likeness (QED) is 0.804. The number of rotatable bonds is 5. The standard InChI is InChI=1S/C16H20N2O/c1-2-6-15-13(4-1)5-3-7-16(15)19-11-10-18-14-8-9-17-12-14/h1-7,14,17-18H,8-12H2. The molecular formula is C16H20N2O. The zero-order valence-electron chi connectivity index (χ0n) is 11.1. The van der Waals surface area contributed by atoms with E-state index >= 15 is 0 Å². The molecule has 0 radical (unpaired) electrons. The molecule has 0 spiro atoms. The van der Waals surface area contributed by atoms with Crippen molar-refractivity contribution < 1.29 is 4.74 Å². The van der Waals surface area contributed by atoms with Crippen molar-refractivity contribution in [1.29, 1.82) is 0 Å². The second kappa shape index (κ2) is 6.04. The molecule has 3 rings (SSSR count). The van der Waals surface area contributed by atoms with Crippen LogP contribution in [0, 0.1) is 0 Å². The highest BCUT2D eigenvalue weighted by Crippen LogP contribution is 2.24. The average Bonchev–Trinajstić information content (AvgIpc) is 2.97. The van der Waals surface area contributed by atoms with Crippen molar-refractivity contribution in [3.63, 3.8) is 0 Å². The molecule has 0 amide bonds. The molecule has 3 heteroatoms. The summed E-state index contributed by atoms with van der Waals surface area (Å²) < 4.78 is 5.90. The number of hydrogen-bond acceptors (Lipinski definition) is 3. The van der Waals surface area contributed by atoms with E-state index in [1.807, 2.05) is 12.1 Å². The van der Waals surface area contributed by atoms with Crippen molar-refractivity contribution in [3.8, 4) is 5.75 Å². The van der Waals surface area contributed by atoms with Crippen molar-refractivity contribution in [3.05, 3.63) is 42.5 Å². The lowest BCUT2D eigenvalue weighted by Gasteiger charge is -2.13. The van der Waals surface area contributed by atoms with Gasteiger partial charge in [0.1, 0.15) is 12.4 Å². The third kappa shape index (κ3) is 3.06. The first-order chi connectivity index (χ1) is 9.43. The van der Waals surface area contributed by atoms with Gasteiger partial charge in [0, 0.05) is 24.5 Å². The largest absolute Gasteiger partial charge is 0.492 e. The molecule has 2 N–H and O–H groups in total. The summed E-state index contributed by atoms with van der Waals surface area (Å²) in [7, 11) is 0. The fraction of sp³-hybridized carbons (Fsp3) is 0.375. The molecule has 0 bridgehead atoms. The summed E-state index contributed by atoms with van der Waals surface area (Å²) in [5.41, 5.74) is 0. The number of fused-ring (bicyclic) bond motifs is 1. The molecule has 1 fully saturated rings. The monoisotopic (exact) mass is 256 g/mol. The van der Waals surface area contributed by atoms with Crippen LogP contribution in [0.25, 0.3) is 10.8 Å². The van der Waals surface area contributed by atoms with Gasteiger partial charge in [-0.25, -0.2) is 0 Å². The predicted octanol–water partition coefficient (Wildman–Crippen LogP) is 2.17. The summed E-state index contributed by atoms with van der Waals surface area (Å²) in [5.74, 6) is 0.976. The minimum absolute atomic E-state index is 0.608. The highest BCUT2D eigenvalue weighted by atomic mass is 16.5. The summed E-state index contributed by atoms with van der Waals surface area (Å²) in [6.45, 7) is 3.82. The van der Waals surface area contributed by atoms with Gasteiger partial charge in [-0.3, -0.25) is 0 Å². The van der Waals surface area contributed by atoms with Crippen LogP contribution in [0.15, 0.2) is 42.5 Å². The van der Waals surface area contributed by atoms with Crippen LogP contribution >= 0.6 is 0 Å². The summed E-state index contributed by atoms with van der Waals surface area (Å²) in [6.07, 6.45) is 1.22. The van der Waals surface area contributed by atoms with Crippen molar-refractivity contribution in [2.45, 2.75) is 12.5 Å².